The van der Waals surface area contributed by atoms with Crippen molar-refractivity contribution >= 4 is 89.5 Å². The van der Waals surface area contributed by atoms with Crippen LogP contribution in [0.1, 0.15) is 90.1 Å². The van der Waals surface area contributed by atoms with Crippen molar-refractivity contribution in [1.82, 2.24) is 29.6 Å². The molecule has 5 aliphatic heterocycles. The predicted octanol–water partition coefficient (Wildman–Crippen LogP) is 9.18. The summed E-state index contributed by atoms with van der Waals surface area (Å²) in [5.41, 5.74) is 1.10. The Bertz CT molecular complexity index is 3740. The number of piperidine rings is 1. The molecule has 4 fully saturated rings. The molecule has 0 aromatic heterocycles. The maximum atomic E-state index is 14.4. The third-order valence-electron chi connectivity index (χ3n) is 18.3. The summed E-state index contributed by atoms with van der Waals surface area (Å²) in [5.74, 6) is -1.60. The molecule has 0 saturated carbocycles. The number of halogens is 4. The molecule has 486 valence electrons. The lowest BCUT2D eigenvalue weighted by Gasteiger charge is -2.42. The van der Waals surface area contributed by atoms with Crippen LogP contribution in [-0.4, -0.2) is 182 Å². The normalized spacial score (nSPS) is 21.5. The van der Waals surface area contributed by atoms with E-state index in [9.17, 15) is 49.2 Å². The number of nitrogens with zero attached hydrogens (tertiary/aromatic N) is 6. The number of anilines is 3. The first-order valence-electron chi connectivity index (χ1n) is 31.1. The van der Waals surface area contributed by atoms with Gasteiger partial charge in [0.2, 0.25) is 11.8 Å². The van der Waals surface area contributed by atoms with Crippen molar-refractivity contribution in [3.63, 3.8) is 0 Å². The second-order valence-corrected chi connectivity index (χ2v) is 30.0. The Morgan fingerprint density at radius 1 is 0.780 bits per heavy atom. The van der Waals surface area contributed by atoms with Crippen LogP contribution in [0.4, 0.5) is 30.2 Å². The number of benzene rings is 5. The highest BCUT2D eigenvalue weighted by molar-refractivity contribution is 7.99. The number of carbonyl (C=O) groups excluding carboxylic acids is 4. The minimum Gasteiger partial charge on any atom is -0.380 e. The highest BCUT2D eigenvalue weighted by Gasteiger charge is 2.49. The molecule has 0 radical (unpaired) electrons. The molecular weight excluding hydrogens is 1250 g/mol. The third kappa shape index (κ3) is 15.9. The minimum atomic E-state index is -6.10. The molecule has 1 aliphatic carbocycles. The number of piperazine rings is 1. The minimum absolute atomic E-state index is 0.0110. The number of hydrogen-bond donors (Lipinski definition) is 3. The maximum absolute atomic E-state index is 14.4. The number of alkyl halides is 3. The van der Waals surface area contributed by atoms with Crippen molar-refractivity contribution < 1.29 is 53.9 Å². The van der Waals surface area contributed by atoms with E-state index in [2.05, 4.69) is 60.3 Å². The van der Waals surface area contributed by atoms with Crippen LogP contribution in [0.2, 0.25) is 5.02 Å². The van der Waals surface area contributed by atoms with Gasteiger partial charge in [0, 0.05) is 142 Å². The van der Waals surface area contributed by atoms with Crippen LogP contribution in [0.3, 0.4) is 0 Å². The van der Waals surface area contributed by atoms with Crippen molar-refractivity contribution in [2.45, 2.75) is 97.1 Å². The highest BCUT2D eigenvalue weighted by atomic mass is 35.5. The van der Waals surface area contributed by atoms with Gasteiger partial charge in [0.1, 0.15) is 10.9 Å². The first-order chi connectivity index (χ1) is 43.6. The average molecular weight is 1330 g/mol. The smallest absolute Gasteiger partial charge is 0.380 e. The number of hydrogen-bond acceptors (Lipinski definition) is 16. The Morgan fingerprint density at radius 3 is 2.23 bits per heavy atom. The lowest BCUT2D eigenvalue weighted by molar-refractivity contribution is -0.136. The van der Waals surface area contributed by atoms with Crippen LogP contribution in [0.15, 0.2) is 136 Å². The summed E-state index contributed by atoms with van der Waals surface area (Å²) in [6.45, 7) is 14.0. The van der Waals surface area contributed by atoms with Crippen molar-refractivity contribution in [3.8, 4) is 0 Å². The first kappa shape index (κ1) is 66.0. The fourth-order valence-corrected chi connectivity index (χ4v) is 16.6. The van der Waals surface area contributed by atoms with E-state index in [-0.39, 0.29) is 29.2 Å². The van der Waals surface area contributed by atoms with Gasteiger partial charge in [0.25, 0.3) is 31.7 Å². The zero-order valence-corrected chi connectivity index (χ0v) is 54.1. The molecule has 5 aromatic carbocycles. The summed E-state index contributed by atoms with van der Waals surface area (Å²) >= 11 is 7.83. The van der Waals surface area contributed by atoms with E-state index in [0.29, 0.717) is 81.2 Å². The number of ether oxygens (including phenoxy) is 1. The van der Waals surface area contributed by atoms with Crippen LogP contribution in [-0.2, 0) is 40.7 Å². The number of nitrogens with one attached hydrogen (secondary N) is 3. The number of allylic oxidation sites excluding steroid dienone is 1. The van der Waals surface area contributed by atoms with Crippen molar-refractivity contribution in [2.24, 2.45) is 5.41 Å². The molecule has 11 rings (SSSR count). The zero-order chi connectivity index (χ0) is 64.1. The fourth-order valence-electron chi connectivity index (χ4n) is 13.4. The van der Waals surface area contributed by atoms with Gasteiger partial charge < -0.3 is 34.6 Å². The monoisotopic (exact) mass is 1330 g/mol. The van der Waals surface area contributed by atoms with Gasteiger partial charge in [0.15, 0.2) is 0 Å². The van der Waals surface area contributed by atoms with Gasteiger partial charge in [-0.1, -0.05) is 54.4 Å². The SMILES string of the molecule is C[C@@]1(CN2CCCN(c3ccc4c(c3)CN(C3CCC(=O)NC3=O)C4=O)CC2)CCC(c2ccc(Cl)cc2)=C(CN2CCN(c3ccc(C(=O)NS(=O)(=O)c4ccc(N[C@H](CCN5CCCOCC5)CSc5ccccc5)c(S(=O)(=O)C(F)(F)F)c4)cc3)CC2)C1. The van der Waals surface area contributed by atoms with Crippen LogP contribution < -0.4 is 25.2 Å². The molecule has 91 heavy (non-hydrogen) atoms. The molecule has 0 bridgehead atoms. The number of sulfone groups is 1. The second kappa shape index (κ2) is 28.4. The second-order valence-electron chi connectivity index (χ2n) is 24.8. The number of rotatable bonds is 20. The summed E-state index contributed by atoms with van der Waals surface area (Å²) < 4.78 is 105. The van der Waals surface area contributed by atoms with E-state index >= 15 is 0 Å². The van der Waals surface area contributed by atoms with Crippen LogP contribution in [0, 0.1) is 5.41 Å². The number of thioether (sulfide) groups is 1. The zero-order valence-electron chi connectivity index (χ0n) is 50.9. The molecule has 4 amide bonds. The molecule has 3 atom stereocenters. The molecule has 0 spiro atoms. The van der Waals surface area contributed by atoms with E-state index in [0.717, 1.165) is 125 Å². The average Bonchev–Trinajstić information content (AvgIpc) is 1.81. The number of carbonyl (C=O) groups is 4. The lowest BCUT2D eigenvalue weighted by atomic mass is 9.71. The van der Waals surface area contributed by atoms with E-state index < -0.39 is 64.7 Å². The molecule has 5 aromatic rings. The summed E-state index contributed by atoms with van der Waals surface area (Å²) in [7, 11) is -11.0. The van der Waals surface area contributed by atoms with E-state index in [1.807, 2.05) is 59.3 Å². The predicted molar refractivity (Wildman–Crippen MR) is 347 cm³/mol. The number of sulfonamides is 1. The molecule has 5 heterocycles. The van der Waals surface area contributed by atoms with Gasteiger partial charge in [-0.2, -0.15) is 13.2 Å². The Balaban J connectivity index is 0.708. The number of fused-ring (bicyclic) bond motifs is 1. The summed E-state index contributed by atoms with van der Waals surface area (Å²) in [6.07, 6.45) is 5.62. The van der Waals surface area contributed by atoms with E-state index in [1.54, 1.807) is 17.0 Å². The Hall–Kier alpha value is -6.51. The third-order valence-corrected chi connectivity index (χ3v) is 22.6. The van der Waals surface area contributed by atoms with Crippen molar-refractivity contribution in [2.75, 3.05) is 119 Å². The maximum Gasteiger partial charge on any atom is 0.501 e. The quantitative estimate of drug-likeness (QED) is 0.0491. The fraction of sp³-hybridized carbons (Fsp3) is 0.455. The Morgan fingerprint density at radius 2 is 1.49 bits per heavy atom. The summed E-state index contributed by atoms with van der Waals surface area (Å²) in [5, 5.41) is 6.08. The molecule has 18 nitrogen and oxygen atoms in total. The van der Waals surface area contributed by atoms with Crippen LogP contribution in [0.25, 0.3) is 5.57 Å². The summed E-state index contributed by atoms with van der Waals surface area (Å²) in [6, 6.07) is 31.1. The van der Waals surface area contributed by atoms with Crippen molar-refractivity contribution in [3.05, 3.63) is 148 Å². The molecule has 3 N–H and O–H groups in total. The largest absolute Gasteiger partial charge is 0.501 e. The Labute approximate surface area is 539 Å². The van der Waals surface area contributed by atoms with E-state index in [1.165, 1.54) is 40.6 Å². The number of imide groups is 1. The van der Waals surface area contributed by atoms with Crippen molar-refractivity contribution in [1.29, 1.82) is 0 Å². The molecule has 6 aliphatic rings. The van der Waals surface area contributed by atoms with Gasteiger partial charge in [-0.15, -0.1) is 11.8 Å². The van der Waals surface area contributed by atoms with Gasteiger partial charge >= 0.3 is 5.51 Å². The van der Waals surface area contributed by atoms with E-state index in [4.69, 9.17) is 16.3 Å². The summed E-state index contributed by atoms with van der Waals surface area (Å²) in [4.78, 5) is 63.8. The van der Waals surface area contributed by atoms with Gasteiger partial charge in [-0.25, -0.2) is 21.6 Å². The standard InChI is InChI=1S/C66H77ClF3N9O9S3/c1-65(45-76-26-5-28-77(35-32-76)53-17-19-57-48(39-53)43-79(64(57)83)59-21-22-61(80)72-63(59)82)25-23-56(46-9-13-50(67)14-10-46)49(41-65)42-75-30-33-78(34-31-75)52-15-11-47(12-16-52)62(81)73-91(86,87)55-18-20-58(60(40-55)90(84,85)66(68,69)70)71-51(44-89-54-7-3-2-4-8-54)24-29-74-27-6-37-88-38-36-74/h2-4,7-20,39-40,51,59,71H,5-6,21-38,41-45H2,1H3,(H,73,81)(H,72,80,82)/t51-,59?,65-/m1/s1. The molecule has 1 unspecified atom stereocenters. The molecule has 4 saturated heterocycles. The number of amides is 4. The van der Waals surface area contributed by atoms with Gasteiger partial charge in [-0.3, -0.25) is 29.4 Å². The van der Waals surface area contributed by atoms with Gasteiger partial charge in [0.05, 0.1) is 17.2 Å². The van der Waals surface area contributed by atoms with Gasteiger partial charge in [-0.05, 0) is 159 Å². The lowest BCUT2D eigenvalue weighted by Crippen LogP contribution is -2.52. The molecular formula is C66H77ClF3N9O9S3. The van der Waals surface area contributed by atoms with Crippen LogP contribution >= 0.6 is 23.4 Å². The Kier molecular flexibility index (Phi) is 20.6. The highest BCUT2D eigenvalue weighted by Crippen LogP contribution is 2.45. The topological polar surface area (TPSA) is 201 Å². The first-order valence-corrected chi connectivity index (χ1v) is 35.5. The molecule has 25 heteroatoms. The van der Waals surface area contributed by atoms with Crippen LogP contribution in [0.5, 0.6) is 0 Å².